The highest BCUT2D eigenvalue weighted by Crippen LogP contribution is 2.32. The van der Waals surface area contributed by atoms with Gasteiger partial charge >= 0.3 is 5.97 Å². The van der Waals surface area contributed by atoms with Crippen molar-refractivity contribution in [1.82, 2.24) is 0 Å². The number of benzene rings is 2. The molecule has 0 bridgehead atoms. The van der Waals surface area contributed by atoms with E-state index < -0.39 is 23.2 Å². The number of amides is 2. The normalized spacial score (nSPS) is 13.5. The van der Waals surface area contributed by atoms with Crippen molar-refractivity contribution in [3.63, 3.8) is 0 Å². The highest BCUT2D eigenvalue weighted by Gasteiger charge is 2.38. The third-order valence-corrected chi connectivity index (χ3v) is 4.94. The van der Waals surface area contributed by atoms with Crippen molar-refractivity contribution < 1.29 is 23.9 Å². The molecule has 0 spiro atoms. The Hall–Kier alpha value is -2.99. The molecule has 0 radical (unpaired) electrons. The Labute approximate surface area is 173 Å². The minimum atomic E-state index is -0.733. The van der Waals surface area contributed by atoms with Crippen LogP contribution >= 0.6 is 11.6 Å². The van der Waals surface area contributed by atoms with Crippen LogP contribution in [0.25, 0.3) is 0 Å². The predicted octanol–water partition coefficient (Wildman–Crippen LogP) is 4.22. The second kappa shape index (κ2) is 7.44. The Morgan fingerprint density at radius 1 is 1.00 bits per heavy atom. The van der Waals surface area contributed by atoms with Crippen LogP contribution in [-0.2, 0) is 9.53 Å². The summed E-state index contributed by atoms with van der Waals surface area (Å²) in [7, 11) is 0. The van der Waals surface area contributed by atoms with Gasteiger partial charge in [0, 0.05) is 10.4 Å². The number of anilines is 1. The number of esters is 1. The van der Waals surface area contributed by atoms with Crippen LogP contribution in [0, 0.1) is 12.3 Å². The summed E-state index contributed by atoms with van der Waals surface area (Å²) >= 11 is 6.02. The van der Waals surface area contributed by atoms with Crippen LogP contribution in [0.3, 0.4) is 0 Å². The zero-order valence-electron chi connectivity index (χ0n) is 16.5. The molecule has 0 unspecified atom stereocenters. The van der Waals surface area contributed by atoms with Gasteiger partial charge in [0.2, 0.25) is 0 Å². The number of carbonyl (C=O) groups is 4. The second-order valence-corrected chi connectivity index (χ2v) is 8.32. The summed E-state index contributed by atoms with van der Waals surface area (Å²) in [5.41, 5.74) is 0.863. The summed E-state index contributed by atoms with van der Waals surface area (Å²) < 4.78 is 5.07. The maximum atomic E-state index is 12.9. The fraction of sp³-hybridized carbons (Fsp3) is 0.273. The van der Waals surface area contributed by atoms with E-state index >= 15 is 0 Å². The van der Waals surface area contributed by atoms with Gasteiger partial charge in [0.05, 0.1) is 22.4 Å². The molecule has 1 heterocycles. The van der Waals surface area contributed by atoms with Gasteiger partial charge in [-0.05, 0) is 42.8 Å². The standard InChI is InChI=1S/C22H20ClNO5/c1-12-5-7-14(23)10-17(12)24-19(26)15-8-6-13(9-16(15)20(24)27)21(28)29-11-18(25)22(2,3)4/h5-10H,11H2,1-4H3. The van der Waals surface area contributed by atoms with Gasteiger partial charge in [-0.3, -0.25) is 14.4 Å². The van der Waals surface area contributed by atoms with Crippen LogP contribution in [0.2, 0.25) is 5.02 Å². The van der Waals surface area contributed by atoms with E-state index in [4.69, 9.17) is 16.3 Å². The van der Waals surface area contributed by atoms with Crippen molar-refractivity contribution in [2.45, 2.75) is 27.7 Å². The molecule has 2 amide bonds. The van der Waals surface area contributed by atoms with E-state index in [-0.39, 0.29) is 29.1 Å². The molecule has 0 aliphatic carbocycles. The van der Waals surface area contributed by atoms with Crippen molar-refractivity contribution in [3.05, 3.63) is 63.7 Å². The van der Waals surface area contributed by atoms with E-state index in [1.807, 2.05) is 0 Å². The zero-order chi connectivity index (χ0) is 21.5. The lowest BCUT2D eigenvalue weighted by atomic mass is 9.91. The second-order valence-electron chi connectivity index (χ2n) is 7.89. The van der Waals surface area contributed by atoms with Crippen LogP contribution in [0.15, 0.2) is 36.4 Å². The van der Waals surface area contributed by atoms with Crippen LogP contribution in [0.5, 0.6) is 0 Å². The molecule has 150 valence electrons. The first-order valence-electron chi connectivity index (χ1n) is 9.00. The molecule has 6 nitrogen and oxygen atoms in total. The number of ether oxygens (including phenoxy) is 1. The molecule has 29 heavy (non-hydrogen) atoms. The zero-order valence-corrected chi connectivity index (χ0v) is 17.3. The van der Waals surface area contributed by atoms with Crippen LogP contribution in [0.1, 0.15) is 57.4 Å². The quantitative estimate of drug-likeness (QED) is 0.553. The molecule has 1 aliphatic heterocycles. The first-order valence-corrected chi connectivity index (χ1v) is 9.38. The van der Waals surface area contributed by atoms with Gasteiger partial charge in [-0.2, -0.15) is 0 Å². The number of Topliss-reactive ketones (excluding diaryl/α,β-unsaturated/α-hetero) is 1. The Kier molecular flexibility index (Phi) is 5.32. The number of nitrogens with zero attached hydrogens (tertiary/aromatic N) is 1. The first-order chi connectivity index (χ1) is 13.5. The summed E-state index contributed by atoms with van der Waals surface area (Å²) in [5.74, 6) is -1.99. The highest BCUT2D eigenvalue weighted by molar-refractivity contribution is 6.36. The average Bonchev–Trinajstić information content (AvgIpc) is 2.91. The summed E-state index contributed by atoms with van der Waals surface area (Å²) in [5, 5.41) is 0.398. The van der Waals surface area contributed by atoms with Gasteiger partial charge in [-0.25, -0.2) is 9.69 Å². The highest BCUT2D eigenvalue weighted by atomic mass is 35.5. The number of carbonyl (C=O) groups excluding carboxylic acids is 4. The predicted molar refractivity (Wildman–Crippen MR) is 109 cm³/mol. The van der Waals surface area contributed by atoms with E-state index in [0.717, 1.165) is 4.90 Å². The number of halogens is 1. The molecule has 0 aromatic heterocycles. The Balaban J connectivity index is 1.87. The van der Waals surface area contributed by atoms with Gasteiger partial charge in [-0.1, -0.05) is 38.4 Å². The minimum Gasteiger partial charge on any atom is -0.454 e. The van der Waals surface area contributed by atoms with E-state index in [1.54, 1.807) is 45.9 Å². The Morgan fingerprint density at radius 3 is 2.31 bits per heavy atom. The number of aryl methyl sites for hydroxylation is 1. The molecule has 0 fully saturated rings. The van der Waals surface area contributed by atoms with Gasteiger partial charge in [0.1, 0.15) is 0 Å². The van der Waals surface area contributed by atoms with Gasteiger partial charge < -0.3 is 4.74 Å². The van der Waals surface area contributed by atoms with E-state index in [1.165, 1.54) is 18.2 Å². The first kappa shape index (κ1) is 20.7. The molecule has 1 aliphatic rings. The number of imide groups is 1. The van der Waals surface area contributed by atoms with Crippen LogP contribution in [-0.4, -0.2) is 30.2 Å². The third kappa shape index (κ3) is 3.93. The summed E-state index contributed by atoms with van der Waals surface area (Å²) in [6, 6.07) is 9.08. The number of rotatable bonds is 4. The van der Waals surface area contributed by atoms with Crippen LogP contribution < -0.4 is 4.90 Å². The topological polar surface area (TPSA) is 80.8 Å². The SMILES string of the molecule is Cc1ccc(Cl)cc1N1C(=O)c2ccc(C(=O)OCC(=O)C(C)(C)C)cc2C1=O. The van der Waals surface area contributed by atoms with Crippen molar-refractivity contribution in [2.24, 2.45) is 5.41 Å². The fourth-order valence-electron chi connectivity index (χ4n) is 2.84. The van der Waals surface area contributed by atoms with E-state index in [9.17, 15) is 19.2 Å². The lowest BCUT2D eigenvalue weighted by Crippen LogP contribution is -2.30. The van der Waals surface area contributed by atoms with Gasteiger partial charge in [0.15, 0.2) is 12.4 Å². The number of hydrogen-bond acceptors (Lipinski definition) is 5. The molecule has 0 atom stereocenters. The monoisotopic (exact) mass is 413 g/mol. The summed E-state index contributed by atoms with van der Waals surface area (Å²) in [6.07, 6.45) is 0. The minimum absolute atomic E-state index is 0.0938. The maximum absolute atomic E-state index is 12.9. The maximum Gasteiger partial charge on any atom is 0.338 e. The molecule has 0 N–H and O–H groups in total. The number of fused-ring (bicyclic) bond motifs is 1. The van der Waals surface area contributed by atoms with Gasteiger partial charge in [-0.15, -0.1) is 0 Å². The molecule has 0 saturated heterocycles. The van der Waals surface area contributed by atoms with Crippen molar-refractivity contribution >= 4 is 40.9 Å². The lowest BCUT2D eigenvalue weighted by Gasteiger charge is -2.16. The van der Waals surface area contributed by atoms with Crippen molar-refractivity contribution in [2.75, 3.05) is 11.5 Å². The molecule has 0 saturated carbocycles. The lowest BCUT2D eigenvalue weighted by molar-refractivity contribution is -0.129. The Morgan fingerprint density at radius 2 is 1.66 bits per heavy atom. The van der Waals surface area contributed by atoms with Crippen LogP contribution in [0.4, 0.5) is 5.69 Å². The van der Waals surface area contributed by atoms with Gasteiger partial charge in [0.25, 0.3) is 11.8 Å². The van der Waals surface area contributed by atoms with Crippen molar-refractivity contribution in [3.8, 4) is 0 Å². The number of ketones is 1. The smallest absolute Gasteiger partial charge is 0.338 e. The van der Waals surface area contributed by atoms with E-state index in [2.05, 4.69) is 0 Å². The van der Waals surface area contributed by atoms with Crippen molar-refractivity contribution in [1.29, 1.82) is 0 Å². The largest absolute Gasteiger partial charge is 0.454 e. The molecular weight excluding hydrogens is 394 g/mol. The molecule has 2 aromatic rings. The Bertz CT molecular complexity index is 1050. The summed E-state index contributed by atoms with van der Waals surface area (Å²) in [4.78, 5) is 51.0. The van der Waals surface area contributed by atoms with E-state index in [0.29, 0.717) is 16.3 Å². The molecule has 2 aromatic carbocycles. The number of hydrogen-bond donors (Lipinski definition) is 0. The molecular formula is C22H20ClNO5. The average molecular weight is 414 g/mol. The fourth-order valence-corrected chi connectivity index (χ4v) is 3.01. The third-order valence-electron chi connectivity index (χ3n) is 4.71. The molecule has 7 heteroatoms. The molecule has 3 rings (SSSR count). The summed E-state index contributed by atoms with van der Waals surface area (Å²) in [6.45, 7) is 6.60.